The first-order valence-electron chi connectivity index (χ1n) is 6.28. The molecule has 0 aliphatic carbocycles. The molecule has 104 valence electrons. The molecule has 1 aliphatic rings. The number of halogens is 1. The first-order valence-corrected chi connectivity index (χ1v) is 7.07. The summed E-state index contributed by atoms with van der Waals surface area (Å²) < 4.78 is 11.1. The van der Waals surface area contributed by atoms with Gasteiger partial charge in [0, 0.05) is 11.0 Å². The molecule has 0 atom stereocenters. The van der Waals surface area contributed by atoms with Crippen LogP contribution in [0.3, 0.4) is 0 Å². The van der Waals surface area contributed by atoms with Gasteiger partial charge in [0.2, 0.25) is 0 Å². The molecule has 0 unspecified atom stereocenters. The number of rotatable bonds is 6. The van der Waals surface area contributed by atoms with E-state index in [2.05, 4.69) is 33.4 Å². The third-order valence-corrected chi connectivity index (χ3v) is 3.81. The number of hydrogen-bond acceptors (Lipinski definition) is 4. The Morgan fingerprint density at radius 3 is 2.89 bits per heavy atom. The molecule has 1 aromatic rings. The van der Waals surface area contributed by atoms with E-state index in [0.717, 1.165) is 17.4 Å². The highest BCUT2D eigenvalue weighted by Gasteiger charge is 2.46. The van der Waals surface area contributed by atoms with E-state index in [4.69, 9.17) is 9.47 Å². The summed E-state index contributed by atoms with van der Waals surface area (Å²) in [6, 6.07) is 8.23. The summed E-state index contributed by atoms with van der Waals surface area (Å²) in [5.74, 6) is -0.186. The highest BCUT2D eigenvalue weighted by molar-refractivity contribution is 9.10. The minimum atomic E-state index is -0.480. The first-order chi connectivity index (χ1) is 9.16. The summed E-state index contributed by atoms with van der Waals surface area (Å²) in [7, 11) is 1.42. The van der Waals surface area contributed by atoms with Crippen molar-refractivity contribution in [2.75, 3.05) is 33.4 Å². The summed E-state index contributed by atoms with van der Waals surface area (Å²) in [5.41, 5.74) is 0.783. The van der Waals surface area contributed by atoms with Crippen LogP contribution < -0.4 is 5.32 Å². The molecule has 2 rings (SSSR count). The van der Waals surface area contributed by atoms with Crippen LogP contribution in [0, 0.1) is 5.41 Å². The average Bonchev–Trinajstić information content (AvgIpc) is 2.36. The molecule has 0 bridgehead atoms. The van der Waals surface area contributed by atoms with E-state index in [-0.39, 0.29) is 5.97 Å². The Morgan fingerprint density at radius 2 is 2.32 bits per heavy atom. The van der Waals surface area contributed by atoms with Gasteiger partial charge in [-0.15, -0.1) is 0 Å². The lowest BCUT2D eigenvalue weighted by Gasteiger charge is -2.38. The Hall–Kier alpha value is -0.910. The summed E-state index contributed by atoms with van der Waals surface area (Å²) in [4.78, 5) is 11.7. The fraction of sp³-hybridized carbons (Fsp3) is 0.500. The molecule has 4 nitrogen and oxygen atoms in total. The number of carbonyl (C=O) groups is 1. The highest BCUT2D eigenvalue weighted by atomic mass is 79.9. The fourth-order valence-electron chi connectivity index (χ4n) is 2.11. The van der Waals surface area contributed by atoms with Crippen LogP contribution in [-0.4, -0.2) is 39.4 Å². The van der Waals surface area contributed by atoms with E-state index < -0.39 is 5.41 Å². The van der Waals surface area contributed by atoms with Crippen molar-refractivity contribution in [2.24, 2.45) is 5.41 Å². The smallest absolute Gasteiger partial charge is 0.317 e. The van der Waals surface area contributed by atoms with E-state index in [0.29, 0.717) is 19.8 Å². The molecule has 0 spiro atoms. The zero-order chi connectivity index (χ0) is 13.7. The number of carbonyl (C=O) groups excluding carboxylic acids is 1. The molecule has 1 aromatic carbocycles. The van der Waals surface area contributed by atoms with Crippen LogP contribution in [0.1, 0.15) is 5.56 Å². The molecule has 0 amide bonds. The Labute approximate surface area is 121 Å². The molecule has 1 fully saturated rings. The van der Waals surface area contributed by atoms with Crippen LogP contribution in [0.5, 0.6) is 0 Å². The Morgan fingerprint density at radius 1 is 1.53 bits per heavy atom. The third-order valence-electron chi connectivity index (χ3n) is 3.32. The molecule has 1 saturated heterocycles. The van der Waals surface area contributed by atoms with Crippen LogP contribution >= 0.6 is 15.9 Å². The molecule has 0 saturated carbocycles. The van der Waals surface area contributed by atoms with Crippen molar-refractivity contribution in [3.8, 4) is 0 Å². The molecule has 1 aliphatic heterocycles. The van der Waals surface area contributed by atoms with Crippen molar-refractivity contribution in [2.45, 2.75) is 6.42 Å². The van der Waals surface area contributed by atoms with Gasteiger partial charge in [-0.05, 0) is 30.7 Å². The number of esters is 1. The topological polar surface area (TPSA) is 47.6 Å². The van der Waals surface area contributed by atoms with Crippen molar-refractivity contribution >= 4 is 21.9 Å². The maximum atomic E-state index is 11.7. The monoisotopic (exact) mass is 327 g/mol. The van der Waals surface area contributed by atoms with Gasteiger partial charge < -0.3 is 14.8 Å². The summed E-state index contributed by atoms with van der Waals surface area (Å²) in [6.45, 7) is 2.33. The average molecular weight is 328 g/mol. The summed E-state index contributed by atoms with van der Waals surface area (Å²) >= 11 is 3.45. The lowest BCUT2D eigenvalue weighted by atomic mass is 9.86. The highest BCUT2D eigenvalue weighted by Crippen LogP contribution is 2.28. The van der Waals surface area contributed by atoms with Gasteiger partial charge in [-0.25, -0.2) is 0 Å². The summed E-state index contributed by atoms with van der Waals surface area (Å²) in [6.07, 6.45) is 0.928. The van der Waals surface area contributed by atoms with E-state index in [1.807, 2.05) is 12.1 Å². The van der Waals surface area contributed by atoms with Crippen molar-refractivity contribution < 1.29 is 14.3 Å². The van der Waals surface area contributed by atoms with Gasteiger partial charge in [-0.2, -0.15) is 0 Å². The molecule has 5 heteroatoms. The standard InChI is InChI=1S/C14H18BrNO3/c1-18-13(17)14(9-19-10-14)8-16-6-5-11-3-2-4-12(15)7-11/h2-4,7,16H,5-6,8-10H2,1H3. The maximum absolute atomic E-state index is 11.7. The second kappa shape index (κ2) is 6.50. The van der Waals surface area contributed by atoms with Gasteiger partial charge >= 0.3 is 5.97 Å². The van der Waals surface area contributed by atoms with Crippen molar-refractivity contribution in [3.63, 3.8) is 0 Å². The lowest BCUT2D eigenvalue weighted by Crippen LogP contribution is -2.55. The molecular formula is C14H18BrNO3. The molecule has 1 N–H and O–H groups in total. The van der Waals surface area contributed by atoms with E-state index in [1.165, 1.54) is 12.7 Å². The van der Waals surface area contributed by atoms with Crippen LogP contribution in [0.4, 0.5) is 0 Å². The van der Waals surface area contributed by atoms with E-state index in [9.17, 15) is 4.79 Å². The fourth-order valence-corrected chi connectivity index (χ4v) is 2.56. The molecule has 0 aromatic heterocycles. The number of benzene rings is 1. The van der Waals surface area contributed by atoms with Crippen LogP contribution in [0.2, 0.25) is 0 Å². The Kier molecular flexibility index (Phi) is 4.96. The minimum Gasteiger partial charge on any atom is -0.468 e. The van der Waals surface area contributed by atoms with Gasteiger partial charge in [-0.1, -0.05) is 28.1 Å². The normalized spacial score (nSPS) is 16.7. The van der Waals surface area contributed by atoms with Gasteiger partial charge in [0.1, 0.15) is 5.41 Å². The Balaban J connectivity index is 1.76. The van der Waals surface area contributed by atoms with Crippen molar-refractivity contribution in [1.82, 2.24) is 5.32 Å². The van der Waals surface area contributed by atoms with Crippen molar-refractivity contribution in [1.29, 1.82) is 0 Å². The SMILES string of the molecule is COC(=O)C1(CNCCc2cccc(Br)c2)COC1. The number of methoxy groups -OCH3 is 1. The lowest BCUT2D eigenvalue weighted by molar-refractivity contribution is -0.182. The van der Waals surface area contributed by atoms with Gasteiger partial charge in [-0.3, -0.25) is 4.79 Å². The van der Waals surface area contributed by atoms with Crippen molar-refractivity contribution in [3.05, 3.63) is 34.3 Å². The number of hydrogen-bond donors (Lipinski definition) is 1. The maximum Gasteiger partial charge on any atom is 0.317 e. The zero-order valence-corrected chi connectivity index (χ0v) is 12.5. The van der Waals surface area contributed by atoms with Crippen LogP contribution in [0.25, 0.3) is 0 Å². The van der Waals surface area contributed by atoms with E-state index >= 15 is 0 Å². The predicted octanol–water partition coefficient (Wildman–Crippen LogP) is 1.77. The first kappa shape index (κ1) is 14.5. The minimum absolute atomic E-state index is 0.186. The van der Waals surface area contributed by atoms with E-state index in [1.54, 1.807) is 0 Å². The predicted molar refractivity (Wildman–Crippen MR) is 76.0 cm³/mol. The molecule has 0 radical (unpaired) electrons. The number of nitrogens with one attached hydrogen (secondary N) is 1. The van der Waals surface area contributed by atoms with Gasteiger partial charge in [0.15, 0.2) is 0 Å². The van der Waals surface area contributed by atoms with Crippen LogP contribution in [0.15, 0.2) is 28.7 Å². The molecule has 19 heavy (non-hydrogen) atoms. The second-order valence-electron chi connectivity index (χ2n) is 4.82. The van der Waals surface area contributed by atoms with Crippen LogP contribution in [-0.2, 0) is 20.7 Å². The molecular weight excluding hydrogens is 310 g/mol. The summed E-state index contributed by atoms with van der Waals surface area (Å²) in [5, 5.41) is 3.32. The third kappa shape index (κ3) is 3.55. The van der Waals surface area contributed by atoms with Gasteiger partial charge in [0.05, 0.1) is 20.3 Å². The Bertz CT molecular complexity index is 446. The largest absolute Gasteiger partial charge is 0.468 e. The molecule has 1 heterocycles. The van der Waals surface area contributed by atoms with Gasteiger partial charge in [0.25, 0.3) is 0 Å². The second-order valence-corrected chi connectivity index (χ2v) is 5.74. The number of ether oxygens (including phenoxy) is 2. The zero-order valence-electron chi connectivity index (χ0n) is 10.9. The quantitative estimate of drug-likeness (QED) is 0.639.